The van der Waals surface area contributed by atoms with Crippen molar-refractivity contribution in [1.29, 1.82) is 0 Å². The third-order valence-electron chi connectivity index (χ3n) is 2.68. The Morgan fingerprint density at radius 1 is 1.33 bits per heavy atom. The van der Waals surface area contributed by atoms with Gasteiger partial charge in [0.15, 0.2) is 0 Å². The maximum absolute atomic E-state index is 11.8. The molecule has 0 unspecified atom stereocenters. The molecule has 0 fully saturated rings. The number of carbonyl (C=O) groups is 2. The molecule has 1 aliphatic heterocycles. The lowest BCUT2D eigenvalue weighted by molar-refractivity contribution is -0.133. The van der Waals surface area contributed by atoms with E-state index in [4.69, 9.17) is 5.11 Å². The van der Waals surface area contributed by atoms with E-state index < -0.39 is 11.9 Å². The molecule has 18 heavy (non-hydrogen) atoms. The van der Waals surface area contributed by atoms with Gasteiger partial charge >= 0.3 is 5.97 Å². The molecule has 0 bridgehead atoms. The Kier molecular flexibility index (Phi) is 2.93. The van der Waals surface area contributed by atoms with Crippen LogP contribution in [0.25, 0.3) is 0 Å². The predicted molar refractivity (Wildman–Crippen MR) is 65.3 cm³/mol. The van der Waals surface area contributed by atoms with Crippen molar-refractivity contribution in [3.63, 3.8) is 0 Å². The normalized spacial score (nSPS) is 16.4. The number of carboxylic acids is 1. The van der Waals surface area contributed by atoms with Gasteiger partial charge in [-0.2, -0.15) is 0 Å². The number of phenols is 1. The maximum Gasteiger partial charge on any atom is 0.333 e. The van der Waals surface area contributed by atoms with E-state index in [1.54, 1.807) is 19.1 Å². The van der Waals surface area contributed by atoms with Crippen molar-refractivity contribution < 1.29 is 19.8 Å². The number of aliphatic carboxylic acids is 1. The van der Waals surface area contributed by atoms with Gasteiger partial charge in [0.25, 0.3) is 5.91 Å². The lowest BCUT2D eigenvalue weighted by Crippen LogP contribution is -2.28. The van der Waals surface area contributed by atoms with Crippen LogP contribution in [-0.4, -0.2) is 22.1 Å². The van der Waals surface area contributed by atoms with Gasteiger partial charge in [0.05, 0.1) is 11.3 Å². The Labute approximate surface area is 103 Å². The van der Waals surface area contributed by atoms with E-state index >= 15 is 0 Å². The number of carboxylic acid groups (broad SMARTS) is 1. The Morgan fingerprint density at radius 2 is 2.06 bits per heavy atom. The summed E-state index contributed by atoms with van der Waals surface area (Å²) in [6.07, 6.45) is 0.202. The van der Waals surface area contributed by atoms with Gasteiger partial charge in [-0.05, 0) is 18.6 Å². The van der Waals surface area contributed by atoms with Crippen LogP contribution >= 0.6 is 0 Å². The van der Waals surface area contributed by atoms with Crippen LogP contribution in [0.2, 0.25) is 0 Å². The fourth-order valence-corrected chi connectivity index (χ4v) is 1.79. The van der Waals surface area contributed by atoms with E-state index in [9.17, 15) is 14.7 Å². The molecule has 0 atom stereocenters. The number of rotatable bonds is 2. The second-order valence-corrected chi connectivity index (χ2v) is 3.79. The third-order valence-corrected chi connectivity index (χ3v) is 2.68. The number of anilines is 2. The van der Waals surface area contributed by atoms with Gasteiger partial charge in [0.1, 0.15) is 17.1 Å². The lowest BCUT2D eigenvalue weighted by atomic mass is 10.1. The van der Waals surface area contributed by atoms with Crippen LogP contribution in [0.5, 0.6) is 5.75 Å². The molecule has 1 aromatic rings. The van der Waals surface area contributed by atoms with Gasteiger partial charge in [0.2, 0.25) is 0 Å². The van der Waals surface area contributed by atoms with Crippen molar-refractivity contribution in [2.45, 2.75) is 13.3 Å². The second kappa shape index (κ2) is 4.40. The Morgan fingerprint density at radius 3 is 2.67 bits per heavy atom. The van der Waals surface area contributed by atoms with Crippen LogP contribution in [0, 0.1) is 0 Å². The Balaban J connectivity index is 2.54. The summed E-state index contributed by atoms with van der Waals surface area (Å²) >= 11 is 0. The van der Waals surface area contributed by atoms with Crippen molar-refractivity contribution in [2.24, 2.45) is 0 Å². The first kappa shape index (κ1) is 12.0. The molecule has 0 radical (unpaired) electrons. The number of benzene rings is 1. The number of fused-ring (bicyclic) bond motifs is 1. The minimum Gasteiger partial charge on any atom is -0.506 e. The van der Waals surface area contributed by atoms with Crippen LogP contribution in [-0.2, 0) is 9.59 Å². The van der Waals surface area contributed by atoms with Crippen LogP contribution in [0.3, 0.4) is 0 Å². The van der Waals surface area contributed by atoms with E-state index in [0.717, 1.165) is 0 Å². The molecule has 1 aliphatic rings. The molecule has 0 saturated carbocycles. The number of carbonyl (C=O) groups excluding carboxylic acids is 1. The van der Waals surface area contributed by atoms with E-state index in [2.05, 4.69) is 10.6 Å². The number of aromatic hydroxyl groups is 1. The molecule has 0 aromatic heterocycles. The predicted octanol–water partition coefficient (Wildman–Crippen LogP) is 1.50. The van der Waals surface area contributed by atoms with Crippen LogP contribution in [0.15, 0.2) is 29.5 Å². The van der Waals surface area contributed by atoms with E-state index in [1.807, 2.05) is 0 Å². The van der Waals surface area contributed by atoms with Gasteiger partial charge in [-0.25, -0.2) is 4.79 Å². The zero-order valence-electron chi connectivity index (χ0n) is 9.65. The van der Waals surface area contributed by atoms with Crippen molar-refractivity contribution in [2.75, 3.05) is 10.6 Å². The Hall–Kier alpha value is -2.50. The molecule has 6 nitrogen and oxygen atoms in total. The van der Waals surface area contributed by atoms with E-state index in [1.165, 1.54) is 6.07 Å². The van der Waals surface area contributed by atoms with Crippen LogP contribution in [0.4, 0.5) is 11.4 Å². The fraction of sp³-hybridized carbons (Fsp3) is 0.167. The van der Waals surface area contributed by atoms with E-state index in [-0.39, 0.29) is 23.4 Å². The van der Waals surface area contributed by atoms with Gasteiger partial charge in [0, 0.05) is 0 Å². The lowest BCUT2D eigenvalue weighted by Gasteiger charge is -2.23. The molecule has 1 heterocycles. The molecule has 6 heteroatoms. The summed E-state index contributed by atoms with van der Waals surface area (Å²) in [5.74, 6) is -1.73. The molecule has 0 saturated heterocycles. The monoisotopic (exact) mass is 248 g/mol. The minimum atomic E-state index is -1.16. The fourth-order valence-electron chi connectivity index (χ4n) is 1.79. The van der Waals surface area contributed by atoms with Gasteiger partial charge in [-0.1, -0.05) is 13.0 Å². The highest BCUT2D eigenvalue weighted by Crippen LogP contribution is 2.36. The molecule has 1 aromatic carbocycles. The summed E-state index contributed by atoms with van der Waals surface area (Å²) in [4.78, 5) is 22.8. The molecule has 2 rings (SSSR count). The minimum absolute atomic E-state index is 0.0265. The molecular formula is C12H12N2O4. The van der Waals surface area contributed by atoms with Crippen molar-refractivity contribution in [3.05, 3.63) is 29.5 Å². The highest BCUT2D eigenvalue weighted by Gasteiger charge is 2.26. The van der Waals surface area contributed by atoms with Crippen LogP contribution in [0.1, 0.15) is 13.3 Å². The molecule has 94 valence electrons. The Bertz CT molecular complexity index is 563. The molecular weight excluding hydrogens is 236 g/mol. The van der Waals surface area contributed by atoms with E-state index in [0.29, 0.717) is 11.4 Å². The second-order valence-electron chi connectivity index (χ2n) is 3.79. The van der Waals surface area contributed by atoms with Gasteiger partial charge in [-0.3, -0.25) is 4.79 Å². The molecule has 0 aliphatic carbocycles. The zero-order chi connectivity index (χ0) is 13.3. The number of hydrogen-bond donors (Lipinski definition) is 4. The first-order valence-electron chi connectivity index (χ1n) is 5.41. The average Bonchev–Trinajstić information content (AvgIpc) is 2.31. The maximum atomic E-state index is 11.8. The SMILES string of the molecule is CC/C(C(=O)O)=C1/Nc2c(O)cccc2NC1=O. The summed E-state index contributed by atoms with van der Waals surface area (Å²) < 4.78 is 0. The topological polar surface area (TPSA) is 98.7 Å². The first-order valence-corrected chi connectivity index (χ1v) is 5.41. The summed E-state index contributed by atoms with van der Waals surface area (Å²) in [6, 6.07) is 4.65. The number of phenolic OH excluding ortho intramolecular Hbond substituents is 1. The summed E-state index contributed by atoms with van der Waals surface area (Å²) in [5.41, 5.74) is 0.657. The molecule has 0 spiro atoms. The highest BCUT2D eigenvalue weighted by molar-refractivity contribution is 6.15. The van der Waals surface area contributed by atoms with Gasteiger partial charge < -0.3 is 20.8 Å². The number of nitrogens with one attached hydrogen (secondary N) is 2. The average molecular weight is 248 g/mol. The number of hydrogen-bond acceptors (Lipinski definition) is 4. The molecule has 1 amide bonds. The quantitative estimate of drug-likeness (QED) is 0.469. The first-order chi connectivity index (χ1) is 8.54. The van der Waals surface area contributed by atoms with Crippen molar-refractivity contribution in [3.8, 4) is 5.75 Å². The summed E-state index contributed by atoms with van der Waals surface area (Å²) in [7, 11) is 0. The van der Waals surface area contributed by atoms with Gasteiger partial charge in [-0.15, -0.1) is 0 Å². The zero-order valence-corrected chi connectivity index (χ0v) is 9.65. The third kappa shape index (κ3) is 1.88. The number of amides is 1. The number of para-hydroxylation sites is 1. The van der Waals surface area contributed by atoms with Crippen molar-refractivity contribution >= 4 is 23.3 Å². The highest BCUT2D eigenvalue weighted by atomic mass is 16.4. The standard InChI is InChI=1S/C12H12N2O4/c1-2-6(12(17)18)9-11(16)13-7-4-3-5-8(15)10(7)14-9/h3-5,14-15H,2H2,1H3,(H,13,16)(H,17,18)/b9-6-. The molecule has 4 N–H and O–H groups in total. The summed E-state index contributed by atoms with van der Waals surface area (Å²) in [5, 5.41) is 23.9. The van der Waals surface area contributed by atoms with Crippen LogP contribution < -0.4 is 10.6 Å². The largest absolute Gasteiger partial charge is 0.506 e. The summed E-state index contributed by atoms with van der Waals surface area (Å²) in [6.45, 7) is 1.64. The smallest absolute Gasteiger partial charge is 0.333 e. The van der Waals surface area contributed by atoms with Crippen molar-refractivity contribution in [1.82, 2.24) is 0 Å².